The Bertz CT molecular complexity index is 148. The first-order valence-electron chi connectivity index (χ1n) is 5.41. The standard InChI is InChI=1S/C11H21O4/c1-3-5-6-13-7-8-14-9-10-15-11(12)4-2/h2-10H2,1H3. The van der Waals surface area contributed by atoms with Crippen LogP contribution in [0.1, 0.15) is 26.2 Å². The van der Waals surface area contributed by atoms with Gasteiger partial charge in [0.05, 0.1) is 19.8 Å². The van der Waals surface area contributed by atoms with E-state index in [0.29, 0.717) is 26.4 Å². The highest BCUT2D eigenvalue weighted by Crippen LogP contribution is 1.88. The lowest BCUT2D eigenvalue weighted by Crippen LogP contribution is -2.12. The zero-order valence-electron chi connectivity index (χ0n) is 9.50. The van der Waals surface area contributed by atoms with Gasteiger partial charge >= 0.3 is 5.97 Å². The normalized spacial score (nSPS) is 10.3. The Morgan fingerprint density at radius 1 is 1.07 bits per heavy atom. The first-order chi connectivity index (χ1) is 7.31. The van der Waals surface area contributed by atoms with Gasteiger partial charge in [-0.1, -0.05) is 13.3 Å². The third kappa shape index (κ3) is 11.3. The Balaban J connectivity index is 2.95. The summed E-state index contributed by atoms with van der Waals surface area (Å²) < 4.78 is 15.2. The molecule has 0 N–H and O–H groups in total. The third-order valence-corrected chi connectivity index (χ3v) is 1.71. The van der Waals surface area contributed by atoms with E-state index in [1.165, 1.54) is 0 Å². The van der Waals surface area contributed by atoms with Gasteiger partial charge in [0.1, 0.15) is 6.61 Å². The number of ether oxygens (including phenoxy) is 3. The molecular formula is C11H21O4. The molecule has 0 aromatic heterocycles. The van der Waals surface area contributed by atoms with Gasteiger partial charge in [0.15, 0.2) is 0 Å². The molecule has 0 aromatic carbocycles. The predicted octanol–water partition coefficient (Wildman–Crippen LogP) is 1.59. The fourth-order valence-corrected chi connectivity index (χ4v) is 0.855. The highest BCUT2D eigenvalue weighted by molar-refractivity contribution is 5.69. The summed E-state index contributed by atoms with van der Waals surface area (Å²) in [6.45, 7) is 8.18. The molecule has 15 heavy (non-hydrogen) atoms. The van der Waals surface area contributed by atoms with Crippen molar-refractivity contribution in [2.45, 2.75) is 26.2 Å². The molecule has 0 bridgehead atoms. The lowest BCUT2D eigenvalue weighted by atomic mass is 10.4. The highest BCUT2D eigenvalue weighted by atomic mass is 16.6. The predicted molar refractivity (Wildman–Crippen MR) is 57.5 cm³/mol. The lowest BCUT2D eigenvalue weighted by Gasteiger charge is -2.05. The van der Waals surface area contributed by atoms with Crippen molar-refractivity contribution in [3.8, 4) is 0 Å². The van der Waals surface area contributed by atoms with Crippen molar-refractivity contribution in [2.75, 3.05) is 33.0 Å². The van der Waals surface area contributed by atoms with E-state index in [-0.39, 0.29) is 12.4 Å². The number of carbonyl (C=O) groups is 1. The van der Waals surface area contributed by atoms with Crippen LogP contribution in [0, 0.1) is 6.92 Å². The second kappa shape index (κ2) is 11.5. The fraction of sp³-hybridized carbons (Fsp3) is 0.818. The molecule has 0 spiro atoms. The van der Waals surface area contributed by atoms with E-state index in [4.69, 9.17) is 14.2 Å². The lowest BCUT2D eigenvalue weighted by molar-refractivity contribution is -0.144. The van der Waals surface area contributed by atoms with Crippen molar-refractivity contribution < 1.29 is 19.0 Å². The molecule has 4 heteroatoms. The number of unbranched alkanes of at least 4 members (excludes halogenated alkanes) is 1. The van der Waals surface area contributed by atoms with Crippen LogP contribution in [0.15, 0.2) is 0 Å². The second-order valence-electron chi connectivity index (χ2n) is 3.05. The van der Waals surface area contributed by atoms with Gasteiger partial charge in [-0.05, 0) is 13.3 Å². The summed E-state index contributed by atoms with van der Waals surface area (Å²) >= 11 is 0. The molecule has 0 aliphatic rings. The van der Waals surface area contributed by atoms with Crippen molar-refractivity contribution in [2.24, 2.45) is 0 Å². The molecule has 0 rings (SSSR count). The molecule has 0 fully saturated rings. The van der Waals surface area contributed by atoms with E-state index in [1.807, 2.05) is 0 Å². The van der Waals surface area contributed by atoms with Crippen LogP contribution >= 0.6 is 0 Å². The summed E-state index contributed by atoms with van der Waals surface area (Å²) in [5, 5.41) is 0. The van der Waals surface area contributed by atoms with Gasteiger partial charge in [0, 0.05) is 13.0 Å². The van der Waals surface area contributed by atoms with Gasteiger partial charge in [-0.3, -0.25) is 4.79 Å². The van der Waals surface area contributed by atoms with Gasteiger partial charge in [-0.2, -0.15) is 0 Å². The number of hydrogen-bond acceptors (Lipinski definition) is 4. The molecule has 0 saturated carbocycles. The van der Waals surface area contributed by atoms with Crippen molar-refractivity contribution in [3.05, 3.63) is 6.92 Å². The van der Waals surface area contributed by atoms with Gasteiger partial charge < -0.3 is 14.2 Å². The van der Waals surface area contributed by atoms with Gasteiger partial charge in [0.25, 0.3) is 0 Å². The van der Waals surface area contributed by atoms with Crippen molar-refractivity contribution in [1.29, 1.82) is 0 Å². The first-order valence-corrected chi connectivity index (χ1v) is 5.41. The number of hydrogen-bond donors (Lipinski definition) is 0. The summed E-state index contributed by atoms with van der Waals surface area (Å²) in [4.78, 5) is 10.7. The van der Waals surface area contributed by atoms with Crippen LogP contribution in [0.25, 0.3) is 0 Å². The van der Waals surface area contributed by atoms with Gasteiger partial charge in [0.2, 0.25) is 0 Å². The summed E-state index contributed by atoms with van der Waals surface area (Å²) in [6, 6.07) is 0. The van der Waals surface area contributed by atoms with Crippen LogP contribution in [0.4, 0.5) is 0 Å². The van der Waals surface area contributed by atoms with Crippen LogP contribution in [0.3, 0.4) is 0 Å². The van der Waals surface area contributed by atoms with Gasteiger partial charge in [-0.15, -0.1) is 0 Å². The average Bonchev–Trinajstić information content (AvgIpc) is 2.26. The van der Waals surface area contributed by atoms with Crippen molar-refractivity contribution in [3.63, 3.8) is 0 Å². The summed E-state index contributed by atoms with van der Waals surface area (Å²) in [7, 11) is 0. The molecule has 0 atom stereocenters. The topological polar surface area (TPSA) is 44.8 Å². The van der Waals surface area contributed by atoms with E-state index in [9.17, 15) is 4.79 Å². The monoisotopic (exact) mass is 217 g/mol. The molecule has 0 aliphatic carbocycles. The molecule has 0 heterocycles. The number of carbonyl (C=O) groups excluding carboxylic acids is 1. The molecule has 89 valence electrons. The molecule has 0 amide bonds. The Kier molecular flexibility index (Phi) is 11.0. The molecule has 0 unspecified atom stereocenters. The second-order valence-corrected chi connectivity index (χ2v) is 3.05. The Morgan fingerprint density at radius 3 is 2.27 bits per heavy atom. The van der Waals surface area contributed by atoms with E-state index < -0.39 is 0 Å². The summed E-state index contributed by atoms with van der Waals surface area (Å²) in [6.07, 6.45) is 2.39. The maximum atomic E-state index is 10.7. The maximum absolute atomic E-state index is 10.7. The van der Waals surface area contributed by atoms with Crippen LogP contribution in [0.5, 0.6) is 0 Å². The zero-order valence-corrected chi connectivity index (χ0v) is 9.50. The van der Waals surface area contributed by atoms with E-state index in [2.05, 4.69) is 13.8 Å². The number of rotatable bonds is 10. The first kappa shape index (κ1) is 14.4. The van der Waals surface area contributed by atoms with Crippen LogP contribution < -0.4 is 0 Å². The van der Waals surface area contributed by atoms with Crippen molar-refractivity contribution in [1.82, 2.24) is 0 Å². The Hall–Kier alpha value is -0.610. The van der Waals surface area contributed by atoms with Crippen LogP contribution in [0.2, 0.25) is 0 Å². The van der Waals surface area contributed by atoms with Gasteiger partial charge in [-0.25, -0.2) is 0 Å². The van der Waals surface area contributed by atoms with Crippen LogP contribution in [-0.4, -0.2) is 39.0 Å². The Labute approximate surface area is 91.9 Å². The fourth-order valence-electron chi connectivity index (χ4n) is 0.855. The molecule has 0 aliphatic heterocycles. The minimum atomic E-state index is -0.294. The molecule has 1 radical (unpaired) electrons. The maximum Gasteiger partial charge on any atom is 0.305 e. The largest absolute Gasteiger partial charge is 0.463 e. The molecule has 0 aromatic rings. The smallest absolute Gasteiger partial charge is 0.305 e. The SMILES string of the molecule is [CH2]CC(=O)OCCOCCOCCCC. The van der Waals surface area contributed by atoms with Crippen molar-refractivity contribution >= 4 is 5.97 Å². The Morgan fingerprint density at radius 2 is 1.67 bits per heavy atom. The molecule has 4 nitrogen and oxygen atoms in total. The van der Waals surface area contributed by atoms with E-state index >= 15 is 0 Å². The highest BCUT2D eigenvalue weighted by Gasteiger charge is 1.96. The summed E-state index contributed by atoms with van der Waals surface area (Å²) in [5.74, 6) is -0.294. The molecular weight excluding hydrogens is 196 g/mol. The van der Waals surface area contributed by atoms with Crippen LogP contribution in [-0.2, 0) is 19.0 Å². The number of esters is 1. The summed E-state index contributed by atoms with van der Waals surface area (Å²) in [5.41, 5.74) is 0. The minimum Gasteiger partial charge on any atom is -0.463 e. The molecule has 0 saturated heterocycles. The average molecular weight is 217 g/mol. The zero-order chi connectivity index (χ0) is 11.4. The van der Waals surface area contributed by atoms with E-state index in [1.54, 1.807) is 0 Å². The third-order valence-electron chi connectivity index (χ3n) is 1.71. The van der Waals surface area contributed by atoms with E-state index in [0.717, 1.165) is 19.4 Å². The minimum absolute atomic E-state index is 0.167. The quantitative estimate of drug-likeness (QED) is 0.412.